The van der Waals surface area contributed by atoms with Crippen LogP contribution in [0.5, 0.6) is 11.5 Å². The lowest BCUT2D eigenvalue weighted by Crippen LogP contribution is -2.36. The maximum Gasteiger partial charge on any atom is 0.293 e. The number of carbonyl (C=O) groups is 3. The summed E-state index contributed by atoms with van der Waals surface area (Å²) in [7, 11) is 0. The second kappa shape index (κ2) is 11.7. The van der Waals surface area contributed by atoms with E-state index in [1.165, 1.54) is 4.90 Å². The Balaban J connectivity index is 1.77. The summed E-state index contributed by atoms with van der Waals surface area (Å²) in [6.07, 6.45) is 2.38. The maximum absolute atomic E-state index is 12.7. The zero-order valence-corrected chi connectivity index (χ0v) is 22.5. The monoisotopic (exact) mass is 594 g/mol. The molecule has 2 aromatic carbocycles. The average molecular weight is 594 g/mol. The number of imide groups is 1. The van der Waals surface area contributed by atoms with Crippen LogP contribution >= 0.6 is 34.4 Å². The molecule has 180 valence electrons. The van der Waals surface area contributed by atoms with E-state index in [-0.39, 0.29) is 29.7 Å². The number of rotatable bonds is 9. The van der Waals surface area contributed by atoms with Crippen LogP contribution in [0.15, 0.2) is 41.3 Å². The lowest BCUT2D eigenvalue weighted by Gasteiger charge is -2.19. The number of halogens is 1. The van der Waals surface area contributed by atoms with Gasteiger partial charge in [-0.05, 0) is 97.4 Å². The van der Waals surface area contributed by atoms with Gasteiger partial charge in [-0.2, -0.15) is 0 Å². The fraction of sp³-hybridized carbons (Fsp3) is 0.320. The van der Waals surface area contributed by atoms with Gasteiger partial charge in [-0.15, -0.1) is 0 Å². The highest BCUT2D eigenvalue weighted by molar-refractivity contribution is 14.1. The number of amides is 3. The van der Waals surface area contributed by atoms with Crippen LogP contribution in [-0.2, 0) is 9.59 Å². The normalized spacial score (nSPS) is 15.6. The minimum Gasteiger partial charge on any atom is -0.490 e. The number of carbonyl (C=O) groups excluding carboxylic acids is 3. The van der Waals surface area contributed by atoms with Crippen LogP contribution in [0, 0.1) is 10.5 Å². The van der Waals surface area contributed by atoms with Crippen molar-refractivity contribution in [3.8, 4) is 11.5 Å². The van der Waals surface area contributed by atoms with Crippen LogP contribution in [0.25, 0.3) is 6.08 Å². The van der Waals surface area contributed by atoms with Crippen molar-refractivity contribution in [1.82, 2.24) is 4.90 Å². The number of hydrogen-bond acceptors (Lipinski definition) is 6. The molecule has 0 saturated carbocycles. The van der Waals surface area contributed by atoms with Crippen LogP contribution < -0.4 is 14.8 Å². The quantitative estimate of drug-likeness (QED) is 0.290. The number of nitrogens with zero attached hydrogens (tertiary/aromatic N) is 1. The van der Waals surface area contributed by atoms with Gasteiger partial charge in [0.05, 0.1) is 15.1 Å². The van der Waals surface area contributed by atoms with E-state index in [0.29, 0.717) is 40.7 Å². The van der Waals surface area contributed by atoms with Crippen molar-refractivity contribution in [2.45, 2.75) is 40.2 Å². The molecule has 1 N–H and O–H groups in total. The van der Waals surface area contributed by atoms with Gasteiger partial charge in [0, 0.05) is 11.7 Å². The highest BCUT2D eigenvalue weighted by Crippen LogP contribution is 2.38. The largest absolute Gasteiger partial charge is 0.490 e. The highest BCUT2D eigenvalue weighted by atomic mass is 127. The number of hydrogen-bond donors (Lipinski definition) is 1. The fourth-order valence-electron chi connectivity index (χ4n) is 3.24. The van der Waals surface area contributed by atoms with Crippen molar-refractivity contribution in [3.63, 3.8) is 0 Å². The summed E-state index contributed by atoms with van der Waals surface area (Å²) in [6.45, 7) is 7.84. The van der Waals surface area contributed by atoms with E-state index < -0.39 is 0 Å². The molecule has 2 aromatic rings. The second-order valence-electron chi connectivity index (χ2n) is 7.77. The van der Waals surface area contributed by atoms with Crippen molar-refractivity contribution in [2.24, 2.45) is 0 Å². The first-order valence-corrected chi connectivity index (χ1v) is 12.9. The van der Waals surface area contributed by atoms with Gasteiger partial charge in [0.2, 0.25) is 0 Å². The molecule has 3 rings (SSSR count). The first kappa shape index (κ1) is 26.1. The molecule has 0 aliphatic carbocycles. The van der Waals surface area contributed by atoms with E-state index >= 15 is 0 Å². The van der Waals surface area contributed by atoms with Crippen LogP contribution in [0.4, 0.5) is 10.5 Å². The van der Waals surface area contributed by atoms with Crippen LogP contribution in [0.3, 0.4) is 0 Å². The zero-order chi connectivity index (χ0) is 24.8. The third-order valence-corrected chi connectivity index (χ3v) is 6.85. The average Bonchev–Trinajstić information content (AvgIpc) is 3.07. The van der Waals surface area contributed by atoms with Crippen LogP contribution in [0.1, 0.15) is 38.3 Å². The summed E-state index contributed by atoms with van der Waals surface area (Å²) in [6, 6.07) is 10.9. The Morgan fingerprint density at radius 2 is 1.88 bits per heavy atom. The molecule has 1 atom stereocenters. The topological polar surface area (TPSA) is 84.9 Å². The Bertz CT molecular complexity index is 1120. The SMILES string of the molecule is CCOc1cc(/C=C2/SC(=O)N([C@@H](C)CC)C2=O)cc(I)c1OCC(=O)Nc1ccc(C)cc1. The predicted octanol–water partition coefficient (Wildman–Crippen LogP) is 5.85. The highest BCUT2D eigenvalue weighted by Gasteiger charge is 2.37. The molecule has 1 saturated heterocycles. The molecule has 3 amide bonds. The smallest absolute Gasteiger partial charge is 0.293 e. The van der Waals surface area contributed by atoms with Crippen molar-refractivity contribution in [3.05, 3.63) is 56.0 Å². The number of benzene rings is 2. The van der Waals surface area contributed by atoms with E-state index in [4.69, 9.17) is 9.47 Å². The van der Waals surface area contributed by atoms with E-state index in [0.717, 1.165) is 20.9 Å². The maximum atomic E-state index is 12.7. The summed E-state index contributed by atoms with van der Waals surface area (Å²) < 4.78 is 12.3. The Labute approximate surface area is 217 Å². The molecule has 1 fully saturated rings. The minimum absolute atomic E-state index is 0.153. The summed E-state index contributed by atoms with van der Waals surface area (Å²) in [5, 5.41) is 2.54. The van der Waals surface area contributed by atoms with Gasteiger partial charge >= 0.3 is 0 Å². The van der Waals surface area contributed by atoms with E-state index in [2.05, 4.69) is 27.9 Å². The van der Waals surface area contributed by atoms with Gasteiger partial charge in [-0.25, -0.2) is 0 Å². The molecule has 1 heterocycles. The van der Waals surface area contributed by atoms with E-state index in [9.17, 15) is 14.4 Å². The number of aryl methyl sites for hydroxylation is 1. The number of nitrogens with one attached hydrogen (secondary N) is 1. The van der Waals surface area contributed by atoms with Gasteiger partial charge in [0.1, 0.15) is 0 Å². The molecule has 9 heteroatoms. The summed E-state index contributed by atoms with van der Waals surface area (Å²) in [5.41, 5.74) is 2.51. The molecule has 0 radical (unpaired) electrons. The van der Waals surface area contributed by atoms with Crippen molar-refractivity contribution in [1.29, 1.82) is 0 Å². The molecular weight excluding hydrogens is 567 g/mol. The summed E-state index contributed by atoms with van der Waals surface area (Å²) in [5.74, 6) is 0.339. The summed E-state index contributed by atoms with van der Waals surface area (Å²) in [4.78, 5) is 39.1. The van der Waals surface area contributed by atoms with E-state index in [1.54, 1.807) is 12.1 Å². The lowest BCUT2D eigenvalue weighted by molar-refractivity contribution is -0.124. The van der Waals surface area contributed by atoms with Gasteiger partial charge in [0.15, 0.2) is 18.1 Å². The summed E-state index contributed by atoms with van der Waals surface area (Å²) >= 11 is 3.04. The molecule has 1 aliphatic heterocycles. The molecule has 0 aromatic heterocycles. The first-order chi connectivity index (χ1) is 16.2. The molecule has 0 unspecified atom stereocenters. The second-order valence-corrected chi connectivity index (χ2v) is 9.93. The number of ether oxygens (including phenoxy) is 2. The molecule has 34 heavy (non-hydrogen) atoms. The predicted molar refractivity (Wildman–Crippen MR) is 143 cm³/mol. The third-order valence-electron chi connectivity index (χ3n) is 5.17. The molecule has 0 spiro atoms. The number of thioether (sulfide) groups is 1. The Kier molecular flexibility index (Phi) is 9.01. The Hall–Kier alpha value is -2.53. The van der Waals surface area contributed by atoms with Crippen LogP contribution in [-0.4, -0.2) is 41.2 Å². The Morgan fingerprint density at radius 3 is 2.53 bits per heavy atom. The van der Waals surface area contributed by atoms with Crippen molar-refractivity contribution in [2.75, 3.05) is 18.5 Å². The van der Waals surface area contributed by atoms with Gasteiger partial charge in [0.25, 0.3) is 17.1 Å². The molecule has 1 aliphatic rings. The van der Waals surface area contributed by atoms with Gasteiger partial charge < -0.3 is 14.8 Å². The standard InChI is InChI=1S/C25H27IN2O5S/c1-5-16(4)28-24(30)21(34-25(28)31)13-17-11-19(26)23(20(12-17)32-6-2)33-14-22(29)27-18-9-7-15(3)8-10-18/h7-13,16H,5-6,14H2,1-4H3,(H,27,29)/b21-13+/t16-/m0/s1. The fourth-order valence-corrected chi connectivity index (χ4v) is 4.95. The molecule has 7 nitrogen and oxygen atoms in total. The first-order valence-electron chi connectivity index (χ1n) is 11.0. The van der Waals surface area contributed by atoms with Crippen molar-refractivity contribution >= 4 is 63.2 Å². The molecule has 0 bridgehead atoms. The van der Waals surface area contributed by atoms with E-state index in [1.807, 2.05) is 58.0 Å². The zero-order valence-electron chi connectivity index (χ0n) is 19.5. The number of anilines is 1. The van der Waals surface area contributed by atoms with Gasteiger partial charge in [-0.3, -0.25) is 19.3 Å². The van der Waals surface area contributed by atoms with Crippen LogP contribution in [0.2, 0.25) is 0 Å². The lowest BCUT2D eigenvalue weighted by atomic mass is 10.1. The van der Waals surface area contributed by atoms with Crippen molar-refractivity contribution < 1.29 is 23.9 Å². The third kappa shape index (κ3) is 6.32. The Morgan fingerprint density at radius 1 is 1.18 bits per heavy atom. The minimum atomic E-state index is -0.287. The van der Waals surface area contributed by atoms with Gasteiger partial charge in [-0.1, -0.05) is 24.6 Å². The molecular formula is C25H27IN2O5S.